The Morgan fingerprint density at radius 3 is 2.04 bits per heavy atom. The summed E-state index contributed by atoms with van der Waals surface area (Å²) in [4.78, 5) is 9.76. The van der Waals surface area contributed by atoms with Crippen LogP contribution in [0, 0.1) is 10.1 Å². The van der Waals surface area contributed by atoms with E-state index in [1.807, 2.05) is 0 Å². The van der Waals surface area contributed by atoms with E-state index in [2.05, 4.69) is 0 Å². The lowest BCUT2D eigenvalue weighted by Gasteiger charge is -2.12. The van der Waals surface area contributed by atoms with Gasteiger partial charge in [-0.2, -0.15) is 0 Å². The number of sulfonamides is 1. The van der Waals surface area contributed by atoms with Gasteiger partial charge in [-0.3, -0.25) is 10.1 Å². The van der Waals surface area contributed by atoms with Crippen molar-refractivity contribution >= 4 is 50.5 Å². The Morgan fingerprint density at radius 1 is 1.04 bits per heavy atom. The number of primary sulfonamides is 1. The van der Waals surface area contributed by atoms with Gasteiger partial charge in [0.2, 0.25) is 10.0 Å². The molecule has 0 unspecified atom stereocenters. The number of ether oxygens (including phenoxy) is 1. The predicted molar refractivity (Wildman–Crippen MR) is 86.0 cm³/mol. The molecule has 2 aromatic carbocycles. The number of nitro groups is 1. The average molecular weight is 398 g/mol. The molecule has 0 aromatic heterocycles. The van der Waals surface area contributed by atoms with Crippen molar-refractivity contribution in [1.82, 2.24) is 0 Å². The van der Waals surface area contributed by atoms with E-state index in [4.69, 9.17) is 44.7 Å². The number of rotatable bonds is 4. The van der Waals surface area contributed by atoms with E-state index in [9.17, 15) is 18.5 Å². The van der Waals surface area contributed by atoms with Gasteiger partial charge in [-0.05, 0) is 18.2 Å². The van der Waals surface area contributed by atoms with Crippen LogP contribution in [0.3, 0.4) is 0 Å². The number of hydrogen-bond acceptors (Lipinski definition) is 5. The molecule has 0 aliphatic heterocycles. The highest BCUT2D eigenvalue weighted by atomic mass is 35.5. The minimum atomic E-state index is -3.99. The van der Waals surface area contributed by atoms with Gasteiger partial charge >= 0.3 is 0 Å². The number of benzene rings is 2. The van der Waals surface area contributed by atoms with E-state index in [-0.39, 0.29) is 37.1 Å². The molecule has 0 radical (unpaired) electrons. The fraction of sp³-hybridized carbons (Fsp3) is 0. The molecule has 2 N–H and O–H groups in total. The summed E-state index contributed by atoms with van der Waals surface area (Å²) in [5, 5.41) is 15.4. The van der Waals surface area contributed by atoms with Crippen molar-refractivity contribution in [3.63, 3.8) is 0 Å². The molecule has 11 heteroatoms. The standard InChI is InChI=1S/C12H7Cl3N2O5S/c13-8-3-6(17(18)19)1-2-11(8)22-12-9(14)4-7(5-10(12)15)23(16,20)21/h1-5H,(H2,16,20,21). The Bertz CT molecular complexity index is 879. The maximum atomic E-state index is 11.3. The SMILES string of the molecule is NS(=O)(=O)c1cc(Cl)c(Oc2ccc([N+](=O)[O-])cc2Cl)c(Cl)c1. The molecule has 0 saturated carbocycles. The smallest absolute Gasteiger partial charge is 0.271 e. The van der Waals surface area contributed by atoms with Gasteiger partial charge in [-0.15, -0.1) is 0 Å². The van der Waals surface area contributed by atoms with Gasteiger partial charge in [0.25, 0.3) is 5.69 Å². The van der Waals surface area contributed by atoms with Crippen LogP contribution in [0.25, 0.3) is 0 Å². The van der Waals surface area contributed by atoms with Crippen molar-refractivity contribution in [2.75, 3.05) is 0 Å². The second kappa shape index (κ2) is 6.50. The highest BCUT2D eigenvalue weighted by Gasteiger charge is 2.18. The van der Waals surface area contributed by atoms with E-state index < -0.39 is 14.9 Å². The van der Waals surface area contributed by atoms with Gasteiger partial charge in [-0.1, -0.05) is 34.8 Å². The monoisotopic (exact) mass is 396 g/mol. The van der Waals surface area contributed by atoms with E-state index in [0.717, 1.165) is 18.2 Å². The summed E-state index contributed by atoms with van der Waals surface area (Å²) in [6.45, 7) is 0. The van der Waals surface area contributed by atoms with Crippen LogP contribution in [0.4, 0.5) is 5.69 Å². The van der Waals surface area contributed by atoms with Crippen molar-refractivity contribution in [2.24, 2.45) is 5.14 Å². The van der Waals surface area contributed by atoms with Crippen LogP contribution in [0.1, 0.15) is 0 Å². The van der Waals surface area contributed by atoms with E-state index in [1.165, 1.54) is 12.1 Å². The zero-order chi connectivity index (χ0) is 17.4. The highest BCUT2D eigenvalue weighted by molar-refractivity contribution is 7.89. The molecule has 0 spiro atoms. The van der Waals surface area contributed by atoms with Crippen LogP contribution in [0.2, 0.25) is 15.1 Å². The van der Waals surface area contributed by atoms with Crippen molar-refractivity contribution in [3.8, 4) is 11.5 Å². The van der Waals surface area contributed by atoms with Crippen LogP contribution < -0.4 is 9.88 Å². The van der Waals surface area contributed by atoms with Crippen LogP contribution in [-0.4, -0.2) is 13.3 Å². The molecule has 0 saturated heterocycles. The van der Waals surface area contributed by atoms with Crippen molar-refractivity contribution < 1.29 is 18.1 Å². The maximum Gasteiger partial charge on any atom is 0.271 e. The first kappa shape index (κ1) is 17.8. The summed E-state index contributed by atoms with van der Waals surface area (Å²) >= 11 is 17.8. The number of nitro benzene ring substituents is 1. The summed E-state index contributed by atoms with van der Waals surface area (Å²) in [7, 11) is -3.99. The molecule has 0 fully saturated rings. The Hall–Kier alpha value is -1.58. The van der Waals surface area contributed by atoms with Gasteiger partial charge < -0.3 is 4.74 Å². The number of halogens is 3. The summed E-state index contributed by atoms with van der Waals surface area (Å²) in [6, 6.07) is 5.68. The van der Waals surface area contributed by atoms with Crippen LogP contribution in [-0.2, 0) is 10.0 Å². The van der Waals surface area contributed by atoms with Gasteiger partial charge in [0.1, 0.15) is 5.75 Å². The van der Waals surface area contributed by atoms with E-state index >= 15 is 0 Å². The molecule has 0 atom stereocenters. The Balaban J connectivity index is 2.43. The molecule has 0 aliphatic carbocycles. The normalized spacial score (nSPS) is 11.3. The number of nitrogens with zero attached hydrogens (tertiary/aromatic N) is 1. The van der Waals surface area contributed by atoms with Gasteiger partial charge in [0.05, 0.1) is 24.9 Å². The molecule has 2 aromatic rings. The maximum absolute atomic E-state index is 11.3. The van der Waals surface area contributed by atoms with Crippen LogP contribution in [0.5, 0.6) is 11.5 Å². The molecule has 2 rings (SSSR count). The first-order chi connectivity index (χ1) is 10.6. The van der Waals surface area contributed by atoms with Crippen molar-refractivity contribution in [1.29, 1.82) is 0 Å². The predicted octanol–water partition coefficient (Wildman–Crippen LogP) is 3.99. The lowest BCUT2D eigenvalue weighted by molar-refractivity contribution is -0.384. The van der Waals surface area contributed by atoms with E-state index in [0.29, 0.717) is 0 Å². The third-order valence-corrected chi connectivity index (χ3v) is 4.39. The summed E-state index contributed by atoms with van der Waals surface area (Å²) in [5.41, 5.74) is -0.218. The molecule has 0 bridgehead atoms. The first-order valence-corrected chi connectivity index (χ1v) is 8.41. The summed E-state index contributed by atoms with van der Waals surface area (Å²) < 4.78 is 28.0. The number of non-ortho nitro benzene ring substituents is 1. The third kappa shape index (κ3) is 4.04. The molecular weight excluding hydrogens is 391 g/mol. The lowest BCUT2D eigenvalue weighted by Crippen LogP contribution is -2.12. The van der Waals surface area contributed by atoms with Gasteiger partial charge in [0, 0.05) is 12.1 Å². The quantitative estimate of drug-likeness (QED) is 0.619. The van der Waals surface area contributed by atoms with Crippen LogP contribution >= 0.6 is 34.8 Å². The molecule has 122 valence electrons. The van der Waals surface area contributed by atoms with Crippen molar-refractivity contribution in [2.45, 2.75) is 4.90 Å². The molecule has 0 amide bonds. The average Bonchev–Trinajstić information content (AvgIpc) is 2.42. The zero-order valence-corrected chi connectivity index (χ0v) is 14.1. The Kier molecular flexibility index (Phi) is 5.02. The fourth-order valence-corrected chi connectivity index (χ4v) is 3.07. The topological polar surface area (TPSA) is 113 Å². The van der Waals surface area contributed by atoms with Gasteiger partial charge in [0.15, 0.2) is 5.75 Å². The molecule has 7 nitrogen and oxygen atoms in total. The molecule has 0 aliphatic rings. The highest BCUT2D eigenvalue weighted by Crippen LogP contribution is 2.40. The second-order valence-corrected chi connectivity index (χ2v) is 7.02. The minimum absolute atomic E-state index is 0.0399. The van der Waals surface area contributed by atoms with E-state index in [1.54, 1.807) is 0 Å². The Labute approximate surface area is 145 Å². The number of nitrogens with two attached hydrogens (primary N) is 1. The molecule has 0 heterocycles. The number of hydrogen-bond donors (Lipinski definition) is 1. The first-order valence-electron chi connectivity index (χ1n) is 5.73. The largest absolute Gasteiger partial charge is 0.453 e. The second-order valence-electron chi connectivity index (χ2n) is 4.23. The zero-order valence-electron chi connectivity index (χ0n) is 11.0. The molecule has 23 heavy (non-hydrogen) atoms. The third-order valence-electron chi connectivity index (χ3n) is 2.64. The fourth-order valence-electron chi connectivity index (χ4n) is 1.59. The Morgan fingerprint density at radius 2 is 1.61 bits per heavy atom. The minimum Gasteiger partial charge on any atom is -0.453 e. The summed E-state index contributed by atoms with van der Waals surface area (Å²) in [6.07, 6.45) is 0. The van der Waals surface area contributed by atoms with Gasteiger partial charge in [-0.25, -0.2) is 13.6 Å². The lowest BCUT2D eigenvalue weighted by atomic mass is 10.3. The van der Waals surface area contributed by atoms with Crippen molar-refractivity contribution in [3.05, 3.63) is 55.5 Å². The molecular formula is C12H7Cl3N2O5S. The summed E-state index contributed by atoms with van der Waals surface area (Å²) in [5.74, 6) is 0.000841. The van der Waals surface area contributed by atoms with Crippen LogP contribution in [0.15, 0.2) is 35.2 Å².